The van der Waals surface area contributed by atoms with Gasteiger partial charge in [0.25, 0.3) is 5.91 Å². The first-order chi connectivity index (χ1) is 8.60. The molecule has 1 amide bonds. The molecule has 1 aromatic rings. The lowest BCUT2D eigenvalue weighted by molar-refractivity contribution is -0.0587. The van der Waals surface area contributed by atoms with Crippen molar-refractivity contribution in [2.45, 2.75) is 32.6 Å². The highest BCUT2D eigenvalue weighted by molar-refractivity contribution is 5.92. The second-order valence-electron chi connectivity index (χ2n) is 4.75. The fourth-order valence-corrected chi connectivity index (χ4v) is 2.25. The molecule has 2 N–H and O–H groups in total. The van der Waals surface area contributed by atoms with Gasteiger partial charge in [0, 0.05) is 32.4 Å². The number of hydrogen-bond donors (Lipinski definition) is 1. The van der Waals surface area contributed by atoms with Crippen LogP contribution in [-0.4, -0.2) is 52.2 Å². The van der Waals surface area contributed by atoms with E-state index < -0.39 is 0 Å². The average molecular weight is 252 g/mol. The molecule has 18 heavy (non-hydrogen) atoms. The Labute approximate surface area is 107 Å². The molecule has 6 nitrogen and oxygen atoms in total. The number of hydrogen-bond acceptors (Lipinski definition) is 4. The third-order valence-electron chi connectivity index (χ3n) is 2.95. The summed E-state index contributed by atoms with van der Waals surface area (Å²) in [6, 6.07) is 0. The summed E-state index contributed by atoms with van der Waals surface area (Å²) in [7, 11) is 0. The molecule has 2 unspecified atom stereocenters. The van der Waals surface area contributed by atoms with Crippen molar-refractivity contribution >= 4 is 5.91 Å². The normalized spacial score (nSPS) is 24.3. The minimum absolute atomic E-state index is 0.0345. The van der Waals surface area contributed by atoms with Gasteiger partial charge in [-0.3, -0.25) is 4.79 Å². The van der Waals surface area contributed by atoms with Crippen molar-refractivity contribution in [3.8, 4) is 0 Å². The molecule has 0 spiro atoms. The van der Waals surface area contributed by atoms with E-state index >= 15 is 0 Å². The van der Waals surface area contributed by atoms with Gasteiger partial charge in [0.05, 0.1) is 18.5 Å². The van der Waals surface area contributed by atoms with Gasteiger partial charge < -0.3 is 19.9 Å². The predicted octanol–water partition coefficient (Wildman–Crippen LogP) is 0.0912. The van der Waals surface area contributed by atoms with E-state index in [2.05, 4.69) is 4.98 Å². The van der Waals surface area contributed by atoms with Gasteiger partial charge in [0.1, 0.15) is 5.69 Å². The Morgan fingerprint density at radius 1 is 1.50 bits per heavy atom. The Bertz CT molecular complexity index is 408. The summed E-state index contributed by atoms with van der Waals surface area (Å²) in [5.41, 5.74) is 5.94. The first-order valence-electron chi connectivity index (χ1n) is 6.26. The number of amides is 1. The Morgan fingerprint density at radius 3 is 2.78 bits per heavy atom. The number of imidazole rings is 1. The van der Waals surface area contributed by atoms with E-state index in [0.717, 1.165) is 0 Å². The minimum Gasteiger partial charge on any atom is -0.372 e. The highest BCUT2D eigenvalue weighted by atomic mass is 16.5. The Morgan fingerprint density at radius 2 is 2.17 bits per heavy atom. The van der Waals surface area contributed by atoms with Crippen LogP contribution in [0.1, 0.15) is 24.3 Å². The quantitative estimate of drug-likeness (QED) is 0.827. The molecule has 0 bridgehead atoms. The van der Waals surface area contributed by atoms with Gasteiger partial charge in [-0.25, -0.2) is 4.98 Å². The molecule has 0 aromatic carbocycles. The minimum atomic E-state index is -0.0345. The lowest BCUT2D eigenvalue weighted by atomic mass is 10.2. The monoisotopic (exact) mass is 252 g/mol. The van der Waals surface area contributed by atoms with E-state index in [1.165, 1.54) is 0 Å². The second kappa shape index (κ2) is 5.49. The molecule has 1 aliphatic heterocycles. The number of nitrogens with two attached hydrogens (primary N) is 1. The topological polar surface area (TPSA) is 73.4 Å². The molecule has 1 saturated heterocycles. The molecule has 0 radical (unpaired) electrons. The zero-order valence-corrected chi connectivity index (χ0v) is 10.9. The van der Waals surface area contributed by atoms with Crippen molar-refractivity contribution in [1.82, 2.24) is 14.5 Å². The van der Waals surface area contributed by atoms with Crippen LogP contribution in [0, 0.1) is 0 Å². The number of rotatable bonds is 3. The van der Waals surface area contributed by atoms with E-state index in [4.69, 9.17) is 10.5 Å². The first kappa shape index (κ1) is 13.0. The van der Waals surface area contributed by atoms with Crippen LogP contribution in [0.25, 0.3) is 0 Å². The molecule has 1 aliphatic rings. The fourth-order valence-electron chi connectivity index (χ4n) is 2.25. The van der Waals surface area contributed by atoms with E-state index in [-0.39, 0.29) is 18.1 Å². The SMILES string of the molecule is CC1CN(C(=O)c2cn(CCN)cn2)CC(C)O1. The molecular weight excluding hydrogens is 232 g/mol. The highest BCUT2D eigenvalue weighted by Gasteiger charge is 2.27. The number of ether oxygens (including phenoxy) is 1. The number of carbonyl (C=O) groups excluding carboxylic acids is 1. The summed E-state index contributed by atoms with van der Waals surface area (Å²) in [4.78, 5) is 18.2. The van der Waals surface area contributed by atoms with Crippen LogP contribution in [0.5, 0.6) is 0 Å². The molecular formula is C12H20N4O2. The molecule has 2 atom stereocenters. The van der Waals surface area contributed by atoms with Crippen molar-refractivity contribution in [1.29, 1.82) is 0 Å². The smallest absolute Gasteiger partial charge is 0.274 e. The summed E-state index contributed by atoms with van der Waals surface area (Å²) in [5, 5.41) is 0. The van der Waals surface area contributed by atoms with Crippen molar-refractivity contribution in [3.63, 3.8) is 0 Å². The van der Waals surface area contributed by atoms with Gasteiger partial charge in [-0.1, -0.05) is 0 Å². The second-order valence-corrected chi connectivity index (χ2v) is 4.75. The summed E-state index contributed by atoms with van der Waals surface area (Å²) in [6.45, 7) is 6.40. The van der Waals surface area contributed by atoms with Crippen molar-refractivity contribution < 1.29 is 9.53 Å². The van der Waals surface area contributed by atoms with Crippen LogP contribution in [-0.2, 0) is 11.3 Å². The van der Waals surface area contributed by atoms with Crippen molar-refractivity contribution in [2.75, 3.05) is 19.6 Å². The van der Waals surface area contributed by atoms with Crippen LogP contribution in [0.3, 0.4) is 0 Å². The number of carbonyl (C=O) groups is 1. The summed E-state index contributed by atoms with van der Waals surface area (Å²) < 4.78 is 7.44. The van der Waals surface area contributed by atoms with Gasteiger partial charge in [0.15, 0.2) is 0 Å². The largest absolute Gasteiger partial charge is 0.372 e. The third kappa shape index (κ3) is 2.88. The van der Waals surface area contributed by atoms with Crippen LogP contribution in [0.4, 0.5) is 0 Å². The predicted molar refractivity (Wildman–Crippen MR) is 67.2 cm³/mol. The fraction of sp³-hybridized carbons (Fsp3) is 0.667. The molecule has 100 valence electrons. The zero-order valence-electron chi connectivity index (χ0n) is 10.9. The van der Waals surface area contributed by atoms with Gasteiger partial charge in [-0.15, -0.1) is 0 Å². The number of nitrogens with zero attached hydrogens (tertiary/aromatic N) is 3. The van der Waals surface area contributed by atoms with Crippen LogP contribution in [0.2, 0.25) is 0 Å². The lowest BCUT2D eigenvalue weighted by Crippen LogP contribution is -2.48. The molecule has 1 aromatic heterocycles. The van der Waals surface area contributed by atoms with Gasteiger partial charge >= 0.3 is 0 Å². The maximum atomic E-state index is 12.3. The summed E-state index contributed by atoms with van der Waals surface area (Å²) in [5.74, 6) is -0.0345. The van der Waals surface area contributed by atoms with E-state index in [9.17, 15) is 4.79 Å². The third-order valence-corrected chi connectivity index (χ3v) is 2.95. The lowest BCUT2D eigenvalue weighted by Gasteiger charge is -2.34. The summed E-state index contributed by atoms with van der Waals surface area (Å²) >= 11 is 0. The molecule has 6 heteroatoms. The molecule has 1 fully saturated rings. The number of morpholine rings is 1. The average Bonchev–Trinajstić information content (AvgIpc) is 2.76. The van der Waals surface area contributed by atoms with Crippen molar-refractivity contribution in [3.05, 3.63) is 18.2 Å². The van der Waals surface area contributed by atoms with Crippen molar-refractivity contribution in [2.24, 2.45) is 5.73 Å². The molecule has 2 heterocycles. The van der Waals surface area contributed by atoms with Gasteiger partial charge in [-0.05, 0) is 13.8 Å². The van der Waals surface area contributed by atoms with E-state index in [1.54, 1.807) is 17.4 Å². The van der Waals surface area contributed by atoms with Crippen LogP contribution in [0.15, 0.2) is 12.5 Å². The Balaban J connectivity index is 2.05. The first-order valence-corrected chi connectivity index (χ1v) is 6.26. The number of aromatic nitrogens is 2. The van der Waals surface area contributed by atoms with Gasteiger partial charge in [0.2, 0.25) is 0 Å². The summed E-state index contributed by atoms with van der Waals surface area (Å²) in [6.07, 6.45) is 3.54. The van der Waals surface area contributed by atoms with Crippen LogP contribution < -0.4 is 5.73 Å². The Hall–Kier alpha value is -1.40. The maximum absolute atomic E-state index is 12.3. The van der Waals surface area contributed by atoms with Gasteiger partial charge in [-0.2, -0.15) is 0 Å². The molecule has 0 aliphatic carbocycles. The molecule has 2 rings (SSSR count). The van der Waals surface area contributed by atoms with E-state index in [0.29, 0.717) is 31.9 Å². The van der Waals surface area contributed by atoms with E-state index in [1.807, 2.05) is 18.4 Å². The Kier molecular flexibility index (Phi) is 3.98. The maximum Gasteiger partial charge on any atom is 0.274 e. The molecule has 0 saturated carbocycles. The zero-order chi connectivity index (χ0) is 13.1. The highest BCUT2D eigenvalue weighted by Crippen LogP contribution is 2.13. The standard InChI is InChI=1S/C12H20N4O2/c1-9-5-16(6-10(2)18-9)12(17)11-7-15(4-3-13)8-14-11/h7-10H,3-6,13H2,1-2H3. The van der Waals surface area contributed by atoms with Crippen LogP contribution >= 0.6 is 0 Å².